The van der Waals surface area contributed by atoms with Crippen molar-refractivity contribution in [1.82, 2.24) is 9.97 Å². The zero-order chi connectivity index (χ0) is 15.0. The summed E-state index contributed by atoms with van der Waals surface area (Å²) in [5.41, 5.74) is -0.130. The Morgan fingerprint density at radius 1 is 1.33 bits per heavy atom. The average Bonchev–Trinajstić information content (AvgIpc) is 2.80. The minimum Gasteiger partial charge on any atom is -0.478 e. The van der Waals surface area contributed by atoms with Gasteiger partial charge in [-0.1, -0.05) is 0 Å². The first-order chi connectivity index (χ1) is 10.0. The van der Waals surface area contributed by atoms with Gasteiger partial charge in [0, 0.05) is 10.9 Å². The summed E-state index contributed by atoms with van der Waals surface area (Å²) in [7, 11) is 0. The fourth-order valence-corrected chi connectivity index (χ4v) is 2.73. The zero-order valence-corrected chi connectivity index (χ0v) is 11.6. The number of carboxylic acids is 1. The first-order valence-electron chi connectivity index (χ1n) is 5.96. The van der Waals surface area contributed by atoms with Crippen LogP contribution in [0.5, 0.6) is 11.6 Å². The van der Waals surface area contributed by atoms with Gasteiger partial charge in [-0.15, -0.1) is 11.3 Å². The van der Waals surface area contributed by atoms with Gasteiger partial charge in [-0.05, 0) is 25.1 Å². The number of ether oxygens (including phenoxy) is 1. The molecule has 0 aliphatic carbocycles. The lowest BCUT2D eigenvalue weighted by Gasteiger charge is -2.08. The quantitative estimate of drug-likeness (QED) is 0.800. The molecule has 0 atom stereocenters. The van der Waals surface area contributed by atoms with Crippen LogP contribution >= 0.6 is 11.3 Å². The number of hydrogen-bond acceptors (Lipinski definition) is 5. The summed E-state index contributed by atoms with van der Waals surface area (Å²) < 4.78 is 18.8. The first-order valence-corrected chi connectivity index (χ1v) is 6.78. The van der Waals surface area contributed by atoms with E-state index >= 15 is 0 Å². The van der Waals surface area contributed by atoms with Crippen molar-refractivity contribution >= 4 is 27.5 Å². The number of rotatable bonds is 3. The van der Waals surface area contributed by atoms with Gasteiger partial charge in [-0.25, -0.2) is 19.2 Å². The number of carboxylic acid groups (broad SMARTS) is 1. The van der Waals surface area contributed by atoms with Gasteiger partial charge in [0.1, 0.15) is 28.3 Å². The van der Waals surface area contributed by atoms with Crippen molar-refractivity contribution in [3.63, 3.8) is 0 Å². The van der Waals surface area contributed by atoms with Crippen molar-refractivity contribution in [1.29, 1.82) is 0 Å². The van der Waals surface area contributed by atoms with Crippen molar-refractivity contribution in [2.45, 2.75) is 6.92 Å². The van der Waals surface area contributed by atoms with Crippen LogP contribution in [0.1, 0.15) is 15.2 Å². The minimum atomic E-state index is -1.20. The third-order valence-corrected chi connectivity index (χ3v) is 3.76. The van der Waals surface area contributed by atoms with E-state index in [1.54, 1.807) is 0 Å². The molecule has 0 unspecified atom stereocenters. The zero-order valence-electron chi connectivity index (χ0n) is 10.8. The summed E-state index contributed by atoms with van der Waals surface area (Å²) in [5.74, 6) is -1.66. The predicted molar refractivity (Wildman–Crippen MR) is 75.6 cm³/mol. The Balaban J connectivity index is 2.10. The van der Waals surface area contributed by atoms with Gasteiger partial charge < -0.3 is 9.84 Å². The Hall–Kier alpha value is -2.54. The Kier molecular flexibility index (Phi) is 3.26. The second kappa shape index (κ2) is 5.10. The highest BCUT2D eigenvalue weighted by atomic mass is 32.1. The molecule has 2 heterocycles. The lowest BCUT2D eigenvalue weighted by Crippen LogP contribution is -2.01. The van der Waals surface area contributed by atoms with Gasteiger partial charge >= 0.3 is 5.97 Å². The van der Waals surface area contributed by atoms with Crippen molar-refractivity contribution in [3.8, 4) is 11.6 Å². The second-order valence-corrected chi connectivity index (χ2v) is 5.54. The fraction of sp³-hybridized carbons (Fsp3) is 0.0714. The third-order valence-electron chi connectivity index (χ3n) is 2.80. The number of carbonyl (C=O) groups is 1. The number of halogens is 1. The predicted octanol–water partition coefficient (Wildman–Crippen LogP) is 3.63. The largest absolute Gasteiger partial charge is 0.478 e. The average molecular weight is 304 g/mol. The summed E-state index contributed by atoms with van der Waals surface area (Å²) >= 11 is 1.47. The smallest absolute Gasteiger partial charge is 0.339 e. The first kappa shape index (κ1) is 13.4. The fourth-order valence-electron chi connectivity index (χ4n) is 1.90. The highest BCUT2D eigenvalue weighted by Crippen LogP contribution is 2.33. The molecule has 21 heavy (non-hydrogen) atoms. The summed E-state index contributed by atoms with van der Waals surface area (Å²) in [6.07, 6.45) is 1.33. The molecular weight excluding hydrogens is 295 g/mol. The van der Waals surface area contributed by atoms with E-state index in [2.05, 4.69) is 9.97 Å². The molecule has 0 radical (unpaired) electrons. The van der Waals surface area contributed by atoms with Gasteiger partial charge in [-0.3, -0.25) is 0 Å². The summed E-state index contributed by atoms with van der Waals surface area (Å²) in [6.45, 7) is 1.92. The summed E-state index contributed by atoms with van der Waals surface area (Å²) in [4.78, 5) is 21.0. The van der Waals surface area contributed by atoms with Gasteiger partial charge in [0.05, 0.1) is 5.39 Å². The molecule has 0 spiro atoms. The van der Waals surface area contributed by atoms with Crippen LogP contribution in [0.3, 0.4) is 0 Å². The number of fused-ring (bicyclic) bond motifs is 1. The standard InChI is InChI=1S/C14H9FN2O3S/c1-7-4-10-12(16-6-17-13(10)21-7)20-11-5-8(15)2-3-9(11)14(18)19/h2-6H,1H3,(H,18,19). The molecule has 1 aromatic carbocycles. The molecule has 0 saturated heterocycles. The Bertz CT molecular complexity index is 847. The Morgan fingerprint density at radius 2 is 2.14 bits per heavy atom. The molecule has 3 aromatic rings. The molecule has 0 aliphatic heterocycles. The van der Waals surface area contributed by atoms with Crippen LogP contribution in [0.25, 0.3) is 10.2 Å². The van der Waals surface area contributed by atoms with Crippen LogP contribution < -0.4 is 4.74 Å². The molecule has 0 amide bonds. The normalized spacial score (nSPS) is 10.8. The van der Waals surface area contributed by atoms with Crippen molar-refractivity contribution < 1.29 is 19.0 Å². The third kappa shape index (κ3) is 2.55. The summed E-state index contributed by atoms with van der Waals surface area (Å²) in [6, 6.07) is 5.09. The van der Waals surface area contributed by atoms with Crippen LogP contribution in [0.15, 0.2) is 30.6 Å². The van der Waals surface area contributed by atoms with E-state index in [4.69, 9.17) is 9.84 Å². The molecule has 0 fully saturated rings. The molecule has 0 aliphatic rings. The number of hydrogen-bond donors (Lipinski definition) is 1. The molecule has 5 nitrogen and oxygen atoms in total. The van der Waals surface area contributed by atoms with Gasteiger partial charge in [0.15, 0.2) is 0 Å². The number of benzene rings is 1. The maximum atomic E-state index is 13.3. The minimum absolute atomic E-state index is 0.0913. The van der Waals surface area contributed by atoms with E-state index in [1.807, 2.05) is 13.0 Å². The maximum absolute atomic E-state index is 13.3. The van der Waals surface area contributed by atoms with Crippen molar-refractivity contribution in [3.05, 3.63) is 46.9 Å². The number of aryl methyl sites for hydroxylation is 1. The molecule has 106 valence electrons. The van der Waals surface area contributed by atoms with E-state index in [0.717, 1.165) is 27.9 Å². The Morgan fingerprint density at radius 3 is 2.90 bits per heavy atom. The number of aromatic nitrogens is 2. The Labute approximate surface area is 122 Å². The molecule has 3 rings (SSSR count). The highest BCUT2D eigenvalue weighted by Gasteiger charge is 2.16. The van der Waals surface area contributed by atoms with E-state index < -0.39 is 11.8 Å². The van der Waals surface area contributed by atoms with Crippen molar-refractivity contribution in [2.75, 3.05) is 0 Å². The number of aromatic carboxylic acids is 1. The molecule has 2 aromatic heterocycles. The molecule has 7 heteroatoms. The van der Waals surface area contributed by atoms with Crippen LogP contribution in [0, 0.1) is 12.7 Å². The SMILES string of the molecule is Cc1cc2c(Oc3cc(F)ccc3C(=O)O)ncnc2s1. The van der Waals surface area contributed by atoms with Gasteiger partial charge in [0.25, 0.3) is 0 Å². The lowest BCUT2D eigenvalue weighted by atomic mass is 10.2. The monoisotopic (exact) mass is 304 g/mol. The van der Waals surface area contributed by atoms with E-state index in [-0.39, 0.29) is 17.2 Å². The maximum Gasteiger partial charge on any atom is 0.339 e. The second-order valence-electron chi connectivity index (χ2n) is 4.30. The topological polar surface area (TPSA) is 72.3 Å². The highest BCUT2D eigenvalue weighted by molar-refractivity contribution is 7.18. The molecule has 1 N–H and O–H groups in total. The van der Waals surface area contributed by atoms with Crippen molar-refractivity contribution in [2.24, 2.45) is 0 Å². The van der Waals surface area contributed by atoms with Crippen LogP contribution in [-0.4, -0.2) is 21.0 Å². The van der Waals surface area contributed by atoms with E-state index in [1.165, 1.54) is 17.7 Å². The van der Waals surface area contributed by atoms with Crippen LogP contribution in [-0.2, 0) is 0 Å². The van der Waals surface area contributed by atoms with E-state index in [9.17, 15) is 9.18 Å². The molecule has 0 saturated carbocycles. The molecule has 0 bridgehead atoms. The number of nitrogens with zero attached hydrogens (tertiary/aromatic N) is 2. The lowest BCUT2D eigenvalue weighted by molar-refractivity contribution is 0.0694. The molecular formula is C14H9FN2O3S. The van der Waals surface area contributed by atoms with Crippen LogP contribution in [0.4, 0.5) is 4.39 Å². The van der Waals surface area contributed by atoms with Gasteiger partial charge in [-0.2, -0.15) is 0 Å². The van der Waals surface area contributed by atoms with Crippen LogP contribution in [0.2, 0.25) is 0 Å². The number of thiophene rings is 1. The van der Waals surface area contributed by atoms with E-state index in [0.29, 0.717) is 5.39 Å². The van der Waals surface area contributed by atoms with Gasteiger partial charge in [0.2, 0.25) is 5.88 Å². The summed E-state index contributed by atoms with van der Waals surface area (Å²) in [5, 5.41) is 9.79.